The Bertz CT molecular complexity index is 1220. The number of thioether (sulfide) groups is 1. The van der Waals surface area contributed by atoms with E-state index < -0.39 is 0 Å². The number of anilines is 1. The number of para-hydroxylation sites is 2. The molecular formula is C24H25N5O4S. The molecule has 2 aromatic heterocycles. The molecule has 0 saturated carbocycles. The van der Waals surface area contributed by atoms with Crippen molar-refractivity contribution in [3.63, 3.8) is 0 Å². The zero-order valence-electron chi connectivity index (χ0n) is 18.7. The average molecular weight is 480 g/mol. The third-order valence-corrected chi connectivity index (χ3v) is 5.74. The number of carbonyl (C=O) groups is 2. The molecule has 0 unspecified atom stereocenters. The van der Waals surface area contributed by atoms with Crippen LogP contribution in [0.2, 0.25) is 0 Å². The lowest BCUT2D eigenvalue weighted by molar-refractivity contribution is -0.113. The molecule has 0 aliphatic carbocycles. The highest BCUT2D eigenvalue weighted by atomic mass is 32.2. The number of nitrogens with one attached hydrogen (secondary N) is 2. The van der Waals surface area contributed by atoms with Gasteiger partial charge in [-0.1, -0.05) is 37.2 Å². The number of hydrogen-bond donors (Lipinski definition) is 2. The van der Waals surface area contributed by atoms with Crippen LogP contribution < -0.4 is 5.32 Å². The molecule has 0 aliphatic rings. The summed E-state index contributed by atoms with van der Waals surface area (Å²) < 4.78 is 10.8. The number of amides is 1. The molecule has 10 heteroatoms. The Hall–Kier alpha value is -3.66. The van der Waals surface area contributed by atoms with Crippen molar-refractivity contribution >= 4 is 40.4 Å². The predicted octanol–water partition coefficient (Wildman–Crippen LogP) is 4.42. The number of unbranched alkanes of at least 4 members (excludes halogenated alkanes) is 1. The van der Waals surface area contributed by atoms with Crippen LogP contribution in [0.3, 0.4) is 0 Å². The number of esters is 1. The molecule has 0 spiro atoms. The summed E-state index contributed by atoms with van der Waals surface area (Å²) in [5, 5.41) is 11.2. The molecule has 4 rings (SSSR count). The number of fused-ring (bicyclic) bond motifs is 1. The average Bonchev–Trinajstić information content (AvgIpc) is 3.48. The molecule has 0 saturated heterocycles. The smallest absolute Gasteiger partial charge is 0.338 e. The van der Waals surface area contributed by atoms with Gasteiger partial charge in [-0.15, -0.1) is 10.2 Å². The van der Waals surface area contributed by atoms with Gasteiger partial charge in [-0.05, 0) is 42.8 Å². The highest BCUT2D eigenvalue weighted by Crippen LogP contribution is 2.18. The van der Waals surface area contributed by atoms with Crippen LogP contribution in [0.4, 0.5) is 5.69 Å². The van der Waals surface area contributed by atoms with Crippen molar-refractivity contribution in [2.75, 3.05) is 17.7 Å². The summed E-state index contributed by atoms with van der Waals surface area (Å²) >= 11 is 1.16. The Labute approximate surface area is 200 Å². The number of hydrogen-bond acceptors (Lipinski definition) is 8. The van der Waals surface area contributed by atoms with Crippen molar-refractivity contribution in [3.05, 3.63) is 65.8 Å². The molecule has 0 fully saturated rings. The van der Waals surface area contributed by atoms with E-state index in [4.69, 9.17) is 9.15 Å². The van der Waals surface area contributed by atoms with E-state index in [1.54, 1.807) is 24.3 Å². The standard InChI is InChI=1S/C24H25N5O4S/c1-2-3-14-32-23(31)16-8-10-17(11-9-16)25-21(30)15-34-24-29-28-22(33-24)13-12-20-26-18-6-4-5-7-19(18)27-20/h4-11H,2-3,12-15H2,1H3,(H,25,30)(H,26,27). The molecule has 34 heavy (non-hydrogen) atoms. The monoisotopic (exact) mass is 479 g/mol. The van der Waals surface area contributed by atoms with E-state index in [9.17, 15) is 9.59 Å². The number of nitrogens with zero attached hydrogens (tertiary/aromatic N) is 3. The van der Waals surface area contributed by atoms with Crippen LogP contribution in [-0.4, -0.2) is 44.4 Å². The Morgan fingerprint density at radius 3 is 2.71 bits per heavy atom. The minimum absolute atomic E-state index is 0.117. The number of aromatic amines is 1. The maximum atomic E-state index is 12.3. The topological polar surface area (TPSA) is 123 Å². The number of ether oxygens (including phenoxy) is 1. The lowest BCUT2D eigenvalue weighted by atomic mass is 10.2. The van der Waals surface area contributed by atoms with E-state index in [-0.39, 0.29) is 17.6 Å². The summed E-state index contributed by atoms with van der Waals surface area (Å²) in [4.78, 5) is 32.0. The van der Waals surface area contributed by atoms with Gasteiger partial charge in [-0.25, -0.2) is 9.78 Å². The first-order chi connectivity index (χ1) is 16.6. The number of carbonyl (C=O) groups excluding carboxylic acids is 2. The van der Waals surface area contributed by atoms with Crippen LogP contribution in [0.25, 0.3) is 11.0 Å². The van der Waals surface area contributed by atoms with Gasteiger partial charge in [0.1, 0.15) is 5.82 Å². The van der Waals surface area contributed by atoms with E-state index in [1.807, 2.05) is 31.2 Å². The molecular weight excluding hydrogens is 454 g/mol. The zero-order chi connectivity index (χ0) is 23.8. The number of aromatic nitrogens is 4. The van der Waals surface area contributed by atoms with Crippen LogP contribution >= 0.6 is 11.8 Å². The fourth-order valence-electron chi connectivity index (χ4n) is 3.15. The summed E-state index contributed by atoms with van der Waals surface area (Å²) in [7, 11) is 0. The van der Waals surface area contributed by atoms with Crippen molar-refractivity contribution in [2.24, 2.45) is 0 Å². The van der Waals surface area contributed by atoms with Gasteiger partial charge in [0.25, 0.3) is 5.22 Å². The molecule has 2 heterocycles. The summed E-state index contributed by atoms with van der Waals surface area (Å²) in [6, 6.07) is 14.4. The summed E-state index contributed by atoms with van der Waals surface area (Å²) in [5.41, 5.74) is 2.95. The van der Waals surface area contributed by atoms with Gasteiger partial charge in [0.2, 0.25) is 11.8 Å². The third kappa shape index (κ3) is 6.44. The molecule has 2 N–H and O–H groups in total. The number of aryl methyl sites for hydroxylation is 2. The minimum Gasteiger partial charge on any atom is -0.462 e. The Morgan fingerprint density at radius 1 is 1.09 bits per heavy atom. The Balaban J connectivity index is 1.21. The van der Waals surface area contributed by atoms with E-state index in [1.165, 1.54) is 0 Å². The van der Waals surface area contributed by atoms with Crippen molar-refractivity contribution in [1.82, 2.24) is 20.2 Å². The molecule has 0 atom stereocenters. The molecule has 2 aromatic carbocycles. The highest BCUT2D eigenvalue weighted by Gasteiger charge is 2.12. The molecule has 176 valence electrons. The number of H-pyrrole nitrogens is 1. The van der Waals surface area contributed by atoms with Gasteiger partial charge < -0.3 is 19.5 Å². The number of benzene rings is 2. The van der Waals surface area contributed by atoms with Gasteiger partial charge in [0, 0.05) is 18.5 Å². The van der Waals surface area contributed by atoms with Crippen molar-refractivity contribution in [1.29, 1.82) is 0 Å². The first-order valence-corrected chi connectivity index (χ1v) is 12.0. The Kier molecular flexibility index (Phi) is 7.92. The summed E-state index contributed by atoms with van der Waals surface area (Å²) in [6.45, 7) is 2.44. The van der Waals surface area contributed by atoms with Crippen LogP contribution in [0.1, 0.15) is 41.8 Å². The first-order valence-electron chi connectivity index (χ1n) is 11.1. The van der Waals surface area contributed by atoms with E-state index >= 15 is 0 Å². The molecule has 9 nitrogen and oxygen atoms in total. The zero-order valence-corrected chi connectivity index (χ0v) is 19.6. The van der Waals surface area contributed by atoms with Crippen molar-refractivity contribution in [3.8, 4) is 0 Å². The van der Waals surface area contributed by atoms with E-state index in [2.05, 4.69) is 25.5 Å². The fourth-order valence-corrected chi connectivity index (χ4v) is 3.73. The number of rotatable bonds is 11. The number of imidazole rings is 1. The summed E-state index contributed by atoms with van der Waals surface area (Å²) in [5.74, 6) is 0.879. The van der Waals surface area contributed by atoms with Crippen molar-refractivity contribution in [2.45, 2.75) is 37.8 Å². The van der Waals surface area contributed by atoms with Crippen LogP contribution in [0.15, 0.2) is 58.2 Å². The van der Waals surface area contributed by atoms with Crippen LogP contribution in [0, 0.1) is 0 Å². The highest BCUT2D eigenvalue weighted by molar-refractivity contribution is 7.99. The Morgan fingerprint density at radius 2 is 1.91 bits per heavy atom. The fraction of sp³-hybridized carbons (Fsp3) is 0.292. The first kappa shape index (κ1) is 23.5. The normalized spacial score (nSPS) is 11.0. The quantitative estimate of drug-likeness (QED) is 0.184. The predicted molar refractivity (Wildman–Crippen MR) is 129 cm³/mol. The molecule has 1 amide bonds. The molecule has 0 bridgehead atoms. The summed E-state index contributed by atoms with van der Waals surface area (Å²) in [6.07, 6.45) is 2.99. The maximum absolute atomic E-state index is 12.3. The second-order valence-electron chi connectivity index (χ2n) is 7.57. The van der Waals surface area contributed by atoms with Crippen molar-refractivity contribution < 1.29 is 18.7 Å². The van der Waals surface area contributed by atoms with Gasteiger partial charge in [-0.3, -0.25) is 4.79 Å². The molecule has 4 aromatic rings. The van der Waals surface area contributed by atoms with E-state index in [0.29, 0.717) is 41.8 Å². The largest absolute Gasteiger partial charge is 0.462 e. The molecule has 0 radical (unpaired) electrons. The van der Waals surface area contributed by atoms with Gasteiger partial charge in [0.05, 0.1) is 29.0 Å². The second-order valence-corrected chi connectivity index (χ2v) is 8.49. The third-order valence-electron chi connectivity index (χ3n) is 4.92. The van der Waals surface area contributed by atoms with Gasteiger partial charge in [-0.2, -0.15) is 0 Å². The van der Waals surface area contributed by atoms with Crippen LogP contribution in [-0.2, 0) is 22.4 Å². The second kappa shape index (κ2) is 11.5. The molecule has 0 aliphatic heterocycles. The van der Waals surface area contributed by atoms with Crippen LogP contribution in [0.5, 0.6) is 0 Å². The van der Waals surface area contributed by atoms with Gasteiger partial charge in [0.15, 0.2) is 0 Å². The van der Waals surface area contributed by atoms with E-state index in [0.717, 1.165) is 41.5 Å². The lowest BCUT2D eigenvalue weighted by Gasteiger charge is -2.06. The minimum atomic E-state index is -0.366. The SMILES string of the molecule is CCCCOC(=O)c1ccc(NC(=O)CSc2nnc(CCc3nc4ccccc4[nH]3)o2)cc1. The van der Waals surface area contributed by atoms with Gasteiger partial charge >= 0.3 is 5.97 Å². The maximum Gasteiger partial charge on any atom is 0.338 e. The lowest BCUT2D eigenvalue weighted by Crippen LogP contribution is -2.14.